The summed E-state index contributed by atoms with van der Waals surface area (Å²) >= 11 is 0. The number of hydrogen-bond donors (Lipinski definition) is 3. The maximum atomic E-state index is 13.0. The Balaban J connectivity index is 1.31. The third kappa shape index (κ3) is 5.67. The second-order valence-corrected chi connectivity index (χ2v) is 6.80. The number of aromatic nitrogens is 3. The molecule has 0 radical (unpaired) electrons. The van der Waals surface area contributed by atoms with Gasteiger partial charge in [-0.3, -0.25) is 15.2 Å². The molecule has 1 heterocycles. The number of carbonyl (C=O) groups excluding carboxylic acids is 1. The summed E-state index contributed by atoms with van der Waals surface area (Å²) in [4.78, 5) is 26.8. The molecule has 10 nitrogen and oxygen atoms in total. The largest absolute Gasteiger partial charge is 0.457 e. The van der Waals surface area contributed by atoms with E-state index in [1.807, 2.05) is 0 Å². The van der Waals surface area contributed by atoms with Crippen molar-refractivity contribution in [1.82, 2.24) is 20.5 Å². The number of anilines is 1. The molecule has 0 bridgehead atoms. The first kappa shape index (κ1) is 21.4. The number of urea groups is 1. The smallest absolute Gasteiger partial charge is 0.319 e. The number of rotatable bonds is 7. The number of benzene rings is 3. The van der Waals surface area contributed by atoms with Crippen LogP contribution in [0.5, 0.6) is 11.5 Å². The highest BCUT2D eigenvalue weighted by molar-refractivity contribution is 5.89. The molecule has 0 spiro atoms. The summed E-state index contributed by atoms with van der Waals surface area (Å²) in [6.07, 6.45) is 0. The minimum atomic E-state index is -0.491. The fourth-order valence-electron chi connectivity index (χ4n) is 2.85. The van der Waals surface area contributed by atoms with Gasteiger partial charge in [0.1, 0.15) is 23.1 Å². The van der Waals surface area contributed by atoms with Gasteiger partial charge in [0.15, 0.2) is 5.82 Å². The second-order valence-electron chi connectivity index (χ2n) is 6.80. The molecular weight excluding hydrogens is 431 g/mol. The molecule has 3 aromatic carbocycles. The van der Waals surface area contributed by atoms with Crippen molar-refractivity contribution in [2.45, 2.75) is 6.54 Å². The fraction of sp³-hybridized carbons (Fsp3) is 0.0455. The molecule has 1 aromatic heterocycles. The molecule has 4 rings (SSSR count). The maximum Gasteiger partial charge on any atom is 0.319 e. The summed E-state index contributed by atoms with van der Waals surface area (Å²) in [5, 5.41) is 22.9. The molecule has 0 aliphatic rings. The average Bonchev–Trinajstić information content (AvgIpc) is 3.28. The maximum absolute atomic E-state index is 13.0. The Morgan fingerprint density at radius 2 is 1.82 bits per heavy atom. The van der Waals surface area contributed by atoms with E-state index in [-0.39, 0.29) is 18.0 Å². The van der Waals surface area contributed by atoms with Crippen LogP contribution in [0.3, 0.4) is 0 Å². The van der Waals surface area contributed by atoms with Crippen molar-refractivity contribution in [3.63, 3.8) is 0 Å². The van der Waals surface area contributed by atoms with E-state index in [9.17, 15) is 19.3 Å². The number of nitro groups is 1. The summed E-state index contributed by atoms with van der Waals surface area (Å²) in [5.41, 5.74) is 1.09. The lowest BCUT2D eigenvalue weighted by Gasteiger charge is -2.09. The number of nitro benzene ring substituents is 1. The molecule has 0 fully saturated rings. The van der Waals surface area contributed by atoms with E-state index in [1.54, 1.807) is 36.4 Å². The van der Waals surface area contributed by atoms with Crippen molar-refractivity contribution in [2.24, 2.45) is 0 Å². The Labute approximate surface area is 186 Å². The van der Waals surface area contributed by atoms with Crippen molar-refractivity contribution in [2.75, 3.05) is 5.32 Å². The average molecular weight is 448 g/mol. The predicted octanol–water partition coefficient (Wildman–Crippen LogP) is 4.63. The Kier molecular flexibility index (Phi) is 6.21. The highest BCUT2D eigenvalue weighted by Crippen LogP contribution is 2.26. The van der Waals surface area contributed by atoms with Gasteiger partial charge in [0.2, 0.25) is 0 Å². The van der Waals surface area contributed by atoms with Crippen molar-refractivity contribution in [1.29, 1.82) is 0 Å². The lowest BCUT2D eigenvalue weighted by atomic mass is 10.2. The molecule has 0 saturated heterocycles. The number of ether oxygens (including phenoxy) is 1. The van der Waals surface area contributed by atoms with Crippen molar-refractivity contribution in [3.05, 3.63) is 94.6 Å². The van der Waals surface area contributed by atoms with Gasteiger partial charge in [-0.25, -0.2) is 14.2 Å². The summed E-state index contributed by atoms with van der Waals surface area (Å²) in [7, 11) is 0. The summed E-state index contributed by atoms with van der Waals surface area (Å²) in [5.74, 6) is 1.34. The lowest BCUT2D eigenvalue weighted by Crippen LogP contribution is -2.28. The van der Waals surface area contributed by atoms with E-state index in [1.165, 1.54) is 36.4 Å². The third-order valence-electron chi connectivity index (χ3n) is 4.43. The number of nitrogens with zero attached hydrogens (tertiary/aromatic N) is 3. The van der Waals surface area contributed by atoms with Gasteiger partial charge in [0, 0.05) is 29.4 Å². The molecule has 166 valence electrons. The number of non-ortho nitro benzene ring substituents is 1. The molecule has 0 atom stereocenters. The molecular formula is C22H17FN6O4. The Morgan fingerprint density at radius 1 is 1.06 bits per heavy atom. The first-order valence-electron chi connectivity index (χ1n) is 9.71. The Morgan fingerprint density at radius 3 is 2.55 bits per heavy atom. The normalized spacial score (nSPS) is 10.5. The predicted molar refractivity (Wildman–Crippen MR) is 117 cm³/mol. The van der Waals surface area contributed by atoms with Gasteiger partial charge in [0.05, 0.1) is 11.5 Å². The molecule has 33 heavy (non-hydrogen) atoms. The minimum absolute atomic E-state index is 0.0361. The third-order valence-corrected chi connectivity index (χ3v) is 4.43. The second kappa shape index (κ2) is 9.56. The number of aromatic amines is 1. The van der Waals surface area contributed by atoms with Crippen LogP contribution in [0.4, 0.5) is 20.6 Å². The van der Waals surface area contributed by atoms with Crippen LogP contribution in [0.2, 0.25) is 0 Å². The number of amides is 2. The SMILES string of the molecule is O=C(NCc1nc(-c2ccc(F)cc2)n[nH]1)Nc1cccc(Oc2ccc([N+](=O)[O-])cc2)c1. The Hall–Kier alpha value is -4.80. The molecule has 3 N–H and O–H groups in total. The van der Waals surface area contributed by atoms with Gasteiger partial charge in [-0.1, -0.05) is 6.07 Å². The van der Waals surface area contributed by atoms with E-state index in [2.05, 4.69) is 25.8 Å². The Bertz CT molecular complexity index is 1270. The number of H-pyrrole nitrogens is 1. The monoisotopic (exact) mass is 448 g/mol. The topological polar surface area (TPSA) is 135 Å². The quantitative estimate of drug-likeness (QED) is 0.279. The van der Waals surface area contributed by atoms with E-state index < -0.39 is 11.0 Å². The van der Waals surface area contributed by atoms with Crippen molar-refractivity contribution < 1.29 is 18.8 Å². The highest BCUT2D eigenvalue weighted by Gasteiger charge is 2.09. The van der Waals surface area contributed by atoms with Crippen LogP contribution in [0, 0.1) is 15.9 Å². The van der Waals surface area contributed by atoms with Crippen LogP contribution in [0.15, 0.2) is 72.8 Å². The van der Waals surface area contributed by atoms with Crippen LogP contribution in [-0.2, 0) is 6.54 Å². The van der Waals surface area contributed by atoms with Crippen molar-refractivity contribution in [3.8, 4) is 22.9 Å². The van der Waals surface area contributed by atoms with Crippen LogP contribution < -0.4 is 15.4 Å². The molecule has 2 amide bonds. The molecule has 0 unspecified atom stereocenters. The van der Waals surface area contributed by atoms with Crippen LogP contribution in [0.25, 0.3) is 11.4 Å². The number of hydrogen-bond acceptors (Lipinski definition) is 6. The van der Waals surface area contributed by atoms with Crippen LogP contribution in [0.1, 0.15) is 5.82 Å². The molecule has 0 aliphatic carbocycles. The first-order valence-corrected chi connectivity index (χ1v) is 9.71. The first-order chi connectivity index (χ1) is 16.0. The standard InChI is InChI=1S/C22H17FN6O4/c23-15-6-4-14(5-7-15)21-26-20(27-28-21)13-24-22(30)25-16-2-1-3-19(12-16)33-18-10-8-17(9-11-18)29(31)32/h1-12H,13H2,(H2,24,25,30)(H,26,27,28). The lowest BCUT2D eigenvalue weighted by molar-refractivity contribution is -0.384. The van der Waals surface area contributed by atoms with Gasteiger partial charge in [0.25, 0.3) is 5.69 Å². The number of halogens is 1. The molecule has 11 heteroatoms. The molecule has 4 aromatic rings. The summed E-state index contributed by atoms with van der Waals surface area (Å²) < 4.78 is 18.7. The van der Waals surface area contributed by atoms with Gasteiger partial charge < -0.3 is 15.4 Å². The van der Waals surface area contributed by atoms with Crippen LogP contribution >= 0.6 is 0 Å². The van der Waals surface area contributed by atoms with E-state index >= 15 is 0 Å². The van der Waals surface area contributed by atoms with E-state index in [0.717, 1.165) is 0 Å². The minimum Gasteiger partial charge on any atom is -0.457 e. The van der Waals surface area contributed by atoms with Gasteiger partial charge in [-0.2, -0.15) is 5.10 Å². The number of nitrogens with one attached hydrogen (secondary N) is 3. The van der Waals surface area contributed by atoms with Gasteiger partial charge in [-0.15, -0.1) is 0 Å². The van der Waals surface area contributed by atoms with E-state index in [0.29, 0.717) is 34.4 Å². The number of carbonyl (C=O) groups is 1. The summed E-state index contributed by atoms with van der Waals surface area (Å²) in [6.45, 7) is 0.0962. The van der Waals surface area contributed by atoms with E-state index in [4.69, 9.17) is 4.74 Å². The zero-order chi connectivity index (χ0) is 23.2. The van der Waals surface area contributed by atoms with Gasteiger partial charge in [-0.05, 0) is 48.5 Å². The van der Waals surface area contributed by atoms with Crippen molar-refractivity contribution >= 4 is 17.4 Å². The zero-order valence-electron chi connectivity index (χ0n) is 17.0. The highest BCUT2D eigenvalue weighted by atomic mass is 19.1. The molecule has 0 saturated carbocycles. The van der Waals surface area contributed by atoms with Crippen LogP contribution in [-0.4, -0.2) is 26.1 Å². The summed E-state index contributed by atoms with van der Waals surface area (Å²) in [6, 6.07) is 17.6. The van der Waals surface area contributed by atoms with Gasteiger partial charge >= 0.3 is 6.03 Å². The fourth-order valence-corrected chi connectivity index (χ4v) is 2.85. The molecule has 0 aliphatic heterocycles. The zero-order valence-corrected chi connectivity index (χ0v) is 17.0.